The number of nitrogens with zero attached hydrogens (tertiary/aromatic N) is 2. The molecular formula is C28H27F3N3O7S4+. The zero-order valence-corrected chi connectivity index (χ0v) is 26.8. The van der Waals surface area contributed by atoms with Crippen LogP contribution >= 0.6 is 23.1 Å². The SMILES string of the molecule is CS(=O)(=O)NC(=O)CCCN1/C(=C/c2sc3ccc(-c4ccco4)cc3[n+]2CCCS(=O)(=O)O)Sc2ccc(C(F)(F)F)cc21. The number of halogens is 3. The monoisotopic (exact) mass is 702 g/mol. The quantitative estimate of drug-likeness (QED) is 0.153. The second kappa shape index (κ2) is 12.8. The number of aryl methyl sites for hydroxylation is 1. The van der Waals surface area contributed by atoms with Crippen LogP contribution in [0.1, 0.15) is 29.8 Å². The predicted molar refractivity (Wildman–Crippen MR) is 166 cm³/mol. The number of thioether (sulfide) groups is 1. The third kappa shape index (κ3) is 8.26. The van der Waals surface area contributed by atoms with Crippen LogP contribution in [0.15, 0.2) is 69.1 Å². The maximum Gasteiger partial charge on any atom is 0.416 e. The van der Waals surface area contributed by atoms with Crippen molar-refractivity contribution < 1.29 is 48.3 Å². The summed E-state index contributed by atoms with van der Waals surface area (Å²) in [6.07, 6.45) is -0.336. The zero-order chi connectivity index (χ0) is 32.6. The van der Waals surface area contributed by atoms with Crippen molar-refractivity contribution in [3.63, 3.8) is 0 Å². The number of benzene rings is 2. The second-order valence-electron chi connectivity index (χ2n) is 10.2. The summed E-state index contributed by atoms with van der Waals surface area (Å²) in [5, 5.41) is 1.23. The van der Waals surface area contributed by atoms with Crippen molar-refractivity contribution in [2.45, 2.75) is 36.9 Å². The minimum absolute atomic E-state index is 0.0952. The Morgan fingerprint density at radius 3 is 2.56 bits per heavy atom. The highest BCUT2D eigenvalue weighted by atomic mass is 32.2. The first-order valence-electron chi connectivity index (χ1n) is 13.4. The van der Waals surface area contributed by atoms with Gasteiger partial charge in [0.25, 0.3) is 15.1 Å². The summed E-state index contributed by atoms with van der Waals surface area (Å²) in [5.41, 5.74) is 1.00. The number of furan rings is 1. The summed E-state index contributed by atoms with van der Waals surface area (Å²) < 4.78 is 106. The Labute approximate surface area is 265 Å². The lowest BCUT2D eigenvalue weighted by Gasteiger charge is -2.21. The number of hydrogen-bond donors (Lipinski definition) is 2. The van der Waals surface area contributed by atoms with E-state index in [-0.39, 0.29) is 32.4 Å². The maximum atomic E-state index is 13.6. The van der Waals surface area contributed by atoms with Gasteiger partial charge in [0.15, 0.2) is 6.54 Å². The van der Waals surface area contributed by atoms with Crippen LogP contribution in [0.25, 0.3) is 27.6 Å². The van der Waals surface area contributed by atoms with Crippen LogP contribution in [0, 0.1) is 0 Å². The Kier molecular flexibility index (Phi) is 9.38. The third-order valence-electron chi connectivity index (χ3n) is 6.71. The molecule has 4 aromatic rings. The molecule has 45 heavy (non-hydrogen) atoms. The molecule has 1 aliphatic heterocycles. The smallest absolute Gasteiger partial charge is 0.416 e. The lowest BCUT2D eigenvalue weighted by atomic mass is 10.1. The number of thiazole rings is 1. The molecule has 0 bridgehead atoms. The first-order valence-corrected chi connectivity index (χ1v) is 18.6. The minimum atomic E-state index is -4.58. The van der Waals surface area contributed by atoms with Crippen LogP contribution in [0.2, 0.25) is 0 Å². The number of alkyl halides is 3. The fourth-order valence-electron chi connectivity index (χ4n) is 4.82. The van der Waals surface area contributed by atoms with E-state index in [1.54, 1.807) is 29.4 Å². The fourth-order valence-corrected chi connectivity index (χ4v) is 8.11. The van der Waals surface area contributed by atoms with Gasteiger partial charge in [-0.05, 0) is 48.9 Å². The van der Waals surface area contributed by atoms with Crippen molar-refractivity contribution in [2.75, 3.05) is 23.5 Å². The molecule has 0 spiro atoms. The number of nitrogens with one attached hydrogen (secondary N) is 1. The van der Waals surface area contributed by atoms with Crippen LogP contribution < -0.4 is 14.2 Å². The summed E-state index contributed by atoms with van der Waals surface area (Å²) in [7, 11) is -7.98. The van der Waals surface area contributed by atoms with Gasteiger partial charge in [-0.15, -0.1) is 0 Å². The molecule has 2 aromatic carbocycles. The van der Waals surface area contributed by atoms with Gasteiger partial charge in [-0.2, -0.15) is 26.2 Å². The van der Waals surface area contributed by atoms with Gasteiger partial charge in [0.2, 0.25) is 21.4 Å². The summed E-state index contributed by atoms with van der Waals surface area (Å²) in [6, 6.07) is 12.6. The molecule has 0 fully saturated rings. The molecule has 0 radical (unpaired) electrons. The van der Waals surface area contributed by atoms with Gasteiger partial charge in [0.1, 0.15) is 10.5 Å². The highest BCUT2D eigenvalue weighted by molar-refractivity contribution is 8.04. The van der Waals surface area contributed by atoms with E-state index in [0.717, 1.165) is 34.2 Å². The number of aromatic nitrogens is 1. The summed E-state index contributed by atoms with van der Waals surface area (Å²) >= 11 is 2.63. The standard InChI is InChI=1S/C28H26F3N3O7S4/c1-44(36,37)32-25(35)6-2-11-33-21-16-19(28(29,30)31)8-10-24(21)43-26(33)17-27-34(12-4-14-45(38,39)40)20-15-18(7-9-23(20)42-27)22-5-3-13-41-22/h3,5,7-10,13,15-17H,2,4,6,11-12,14H2,1H3,(H-,32,35,38,39,40)/p+1. The van der Waals surface area contributed by atoms with Crippen molar-refractivity contribution in [3.8, 4) is 11.3 Å². The number of amides is 1. The first-order chi connectivity index (χ1) is 21.1. The minimum Gasteiger partial charge on any atom is -0.464 e. The van der Waals surface area contributed by atoms with Crippen molar-refractivity contribution in [1.29, 1.82) is 0 Å². The van der Waals surface area contributed by atoms with Gasteiger partial charge in [0, 0.05) is 35.9 Å². The van der Waals surface area contributed by atoms with E-state index in [9.17, 15) is 39.4 Å². The van der Waals surface area contributed by atoms with E-state index < -0.39 is 43.5 Å². The number of rotatable bonds is 11. The summed E-state index contributed by atoms with van der Waals surface area (Å²) in [6.45, 7) is 0.322. The van der Waals surface area contributed by atoms with Crippen LogP contribution in [-0.4, -0.2) is 45.8 Å². The van der Waals surface area contributed by atoms with Crippen LogP contribution in [-0.2, 0) is 37.7 Å². The van der Waals surface area contributed by atoms with Gasteiger partial charge in [-0.3, -0.25) is 14.1 Å². The van der Waals surface area contributed by atoms with Crippen LogP contribution in [0.4, 0.5) is 18.9 Å². The Morgan fingerprint density at radius 2 is 1.89 bits per heavy atom. The van der Waals surface area contributed by atoms with Crippen molar-refractivity contribution >= 4 is 71.1 Å². The number of sulfonamides is 1. The maximum absolute atomic E-state index is 13.6. The molecule has 17 heteroatoms. The number of carbonyl (C=O) groups excluding carboxylic acids is 1. The van der Waals surface area contributed by atoms with E-state index in [2.05, 4.69) is 0 Å². The molecule has 0 saturated heterocycles. The molecule has 0 atom stereocenters. The molecule has 1 amide bonds. The molecule has 2 N–H and O–H groups in total. The van der Waals surface area contributed by atoms with E-state index in [1.807, 2.05) is 27.5 Å². The van der Waals surface area contributed by atoms with E-state index >= 15 is 0 Å². The predicted octanol–water partition coefficient (Wildman–Crippen LogP) is 5.51. The van der Waals surface area contributed by atoms with Gasteiger partial charge in [-0.25, -0.2) is 8.42 Å². The zero-order valence-electron chi connectivity index (χ0n) is 23.6. The van der Waals surface area contributed by atoms with Gasteiger partial charge >= 0.3 is 6.18 Å². The molecule has 5 rings (SSSR count). The first kappa shape index (κ1) is 33.0. The third-order valence-corrected chi connectivity index (χ3v) is 10.3. The molecule has 0 unspecified atom stereocenters. The Bertz CT molecular complexity index is 1990. The molecule has 3 heterocycles. The fraction of sp³-hybridized carbons (Fsp3) is 0.286. The van der Waals surface area contributed by atoms with E-state index in [4.69, 9.17) is 4.42 Å². The average molecular weight is 703 g/mol. The Hall–Kier alpha value is -3.38. The number of anilines is 1. The molecule has 1 aliphatic rings. The summed E-state index contributed by atoms with van der Waals surface area (Å²) in [5.74, 6) is -0.568. The van der Waals surface area contributed by atoms with Gasteiger partial charge < -0.3 is 9.32 Å². The van der Waals surface area contributed by atoms with E-state index in [1.165, 1.54) is 29.2 Å². The largest absolute Gasteiger partial charge is 0.464 e. The number of hydrogen-bond acceptors (Lipinski definition) is 9. The summed E-state index contributed by atoms with van der Waals surface area (Å²) in [4.78, 5) is 14.3. The topological polar surface area (TPSA) is 138 Å². The number of fused-ring (bicyclic) bond motifs is 2. The lowest BCUT2D eigenvalue weighted by Crippen LogP contribution is -2.36. The van der Waals surface area contributed by atoms with Crippen LogP contribution in [0.3, 0.4) is 0 Å². The van der Waals surface area contributed by atoms with Crippen molar-refractivity contribution in [2.24, 2.45) is 0 Å². The van der Waals surface area contributed by atoms with Crippen molar-refractivity contribution in [3.05, 3.63) is 70.4 Å². The second-order valence-corrected chi connectivity index (χ2v) is 15.7. The van der Waals surface area contributed by atoms with Gasteiger partial charge in [-0.1, -0.05) is 23.1 Å². The van der Waals surface area contributed by atoms with Crippen LogP contribution in [0.5, 0.6) is 0 Å². The highest BCUT2D eigenvalue weighted by Crippen LogP contribution is 2.49. The molecule has 2 aromatic heterocycles. The Morgan fingerprint density at radius 1 is 1.11 bits per heavy atom. The number of carbonyl (C=O) groups is 1. The Balaban J connectivity index is 1.54. The average Bonchev–Trinajstić information content (AvgIpc) is 3.65. The molecule has 240 valence electrons. The highest BCUT2D eigenvalue weighted by Gasteiger charge is 2.35. The lowest BCUT2D eigenvalue weighted by molar-refractivity contribution is -0.668. The van der Waals surface area contributed by atoms with Gasteiger partial charge in [0.05, 0.1) is 40.6 Å². The van der Waals surface area contributed by atoms with E-state index in [0.29, 0.717) is 26.4 Å². The molecule has 0 aliphatic carbocycles. The normalized spacial score (nSPS) is 14.8. The molecule has 0 saturated carbocycles. The molecule has 10 nitrogen and oxygen atoms in total. The molecular weight excluding hydrogens is 676 g/mol. The van der Waals surface area contributed by atoms with Crippen molar-refractivity contribution in [1.82, 2.24) is 4.72 Å².